The lowest BCUT2D eigenvalue weighted by Crippen LogP contribution is -2.29. The Morgan fingerprint density at radius 1 is 1.44 bits per heavy atom. The van der Waals surface area contributed by atoms with Gasteiger partial charge in [-0.15, -0.1) is 0 Å². The van der Waals surface area contributed by atoms with E-state index in [-0.39, 0.29) is 0 Å². The van der Waals surface area contributed by atoms with Crippen molar-refractivity contribution in [2.24, 2.45) is 0 Å². The van der Waals surface area contributed by atoms with Crippen LogP contribution in [0, 0.1) is 0 Å². The third-order valence-corrected chi connectivity index (χ3v) is 3.71. The number of hydrogen-bond acceptors (Lipinski definition) is 3. The Hall–Kier alpha value is -0.870. The number of rotatable bonds is 6. The van der Waals surface area contributed by atoms with Crippen LogP contribution in [0.2, 0.25) is 0 Å². The van der Waals surface area contributed by atoms with Crippen molar-refractivity contribution in [3.63, 3.8) is 0 Å². The minimum Gasteiger partial charge on any atom is -0.334 e. The lowest BCUT2D eigenvalue weighted by molar-refractivity contribution is 0.383. The maximum atomic E-state index is 4.34. The average Bonchev–Trinajstić information content (AvgIpc) is 2.84. The third-order valence-electron chi connectivity index (χ3n) is 3.71. The Bertz CT molecular complexity index is 339. The van der Waals surface area contributed by atoms with E-state index < -0.39 is 0 Å². The van der Waals surface area contributed by atoms with Gasteiger partial charge in [0.15, 0.2) is 0 Å². The molecule has 1 aromatic rings. The van der Waals surface area contributed by atoms with E-state index in [1.165, 1.54) is 44.5 Å². The van der Waals surface area contributed by atoms with Crippen LogP contribution in [0.3, 0.4) is 0 Å². The molecule has 2 rings (SSSR count). The largest absolute Gasteiger partial charge is 0.334 e. The molecule has 0 saturated carbocycles. The summed E-state index contributed by atoms with van der Waals surface area (Å²) in [6.45, 7) is 4.57. The second-order valence-electron chi connectivity index (χ2n) is 5.57. The summed E-state index contributed by atoms with van der Waals surface area (Å²) in [7, 11) is 4.27. The first kappa shape index (κ1) is 13.6. The van der Waals surface area contributed by atoms with E-state index in [4.69, 9.17) is 0 Å². The van der Waals surface area contributed by atoms with Crippen LogP contribution < -0.4 is 5.32 Å². The standard InChI is InChI=1S/C14H26N4/c1-17(2)8-3-4-9-18-12-16-11-14(18)13-6-5-7-15-10-13/h11-13,15H,3-10H2,1-2H3. The van der Waals surface area contributed by atoms with Crippen LogP contribution in [-0.4, -0.2) is 48.2 Å². The zero-order valence-electron chi connectivity index (χ0n) is 11.7. The van der Waals surface area contributed by atoms with Gasteiger partial charge in [-0.2, -0.15) is 0 Å². The van der Waals surface area contributed by atoms with Gasteiger partial charge in [-0.1, -0.05) is 0 Å². The highest BCUT2D eigenvalue weighted by Crippen LogP contribution is 2.23. The molecule has 1 saturated heterocycles. The van der Waals surface area contributed by atoms with Gasteiger partial charge in [0, 0.05) is 30.9 Å². The van der Waals surface area contributed by atoms with Gasteiger partial charge in [0.25, 0.3) is 0 Å². The van der Waals surface area contributed by atoms with E-state index in [0.717, 1.165) is 13.1 Å². The first-order chi connectivity index (χ1) is 8.77. The summed E-state index contributed by atoms with van der Waals surface area (Å²) in [5.41, 5.74) is 1.42. The summed E-state index contributed by atoms with van der Waals surface area (Å²) in [5.74, 6) is 0.662. The molecule has 0 aliphatic carbocycles. The minimum atomic E-state index is 0.662. The summed E-state index contributed by atoms with van der Waals surface area (Å²) in [6, 6.07) is 0. The van der Waals surface area contributed by atoms with Crippen molar-refractivity contribution in [1.82, 2.24) is 19.8 Å². The van der Waals surface area contributed by atoms with Gasteiger partial charge in [0.2, 0.25) is 0 Å². The maximum absolute atomic E-state index is 4.34. The molecule has 1 unspecified atom stereocenters. The minimum absolute atomic E-state index is 0.662. The molecule has 0 bridgehead atoms. The van der Waals surface area contributed by atoms with Crippen LogP contribution in [0.4, 0.5) is 0 Å². The highest BCUT2D eigenvalue weighted by Gasteiger charge is 2.18. The lowest BCUT2D eigenvalue weighted by atomic mass is 9.96. The van der Waals surface area contributed by atoms with E-state index in [9.17, 15) is 0 Å². The van der Waals surface area contributed by atoms with Crippen LogP contribution in [0.25, 0.3) is 0 Å². The Morgan fingerprint density at radius 2 is 2.33 bits per heavy atom. The fraction of sp³-hybridized carbons (Fsp3) is 0.786. The summed E-state index contributed by atoms with van der Waals surface area (Å²) < 4.78 is 2.35. The van der Waals surface area contributed by atoms with Gasteiger partial charge < -0.3 is 14.8 Å². The zero-order valence-corrected chi connectivity index (χ0v) is 11.7. The lowest BCUT2D eigenvalue weighted by Gasteiger charge is -2.23. The van der Waals surface area contributed by atoms with Gasteiger partial charge in [-0.25, -0.2) is 4.98 Å². The van der Waals surface area contributed by atoms with E-state index in [1.54, 1.807) is 0 Å². The molecule has 1 aliphatic heterocycles. The normalized spacial score (nSPS) is 20.5. The van der Waals surface area contributed by atoms with Gasteiger partial charge in [-0.05, 0) is 52.9 Å². The predicted octanol–water partition coefficient (Wildman–Crippen LogP) is 1.69. The topological polar surface area (TPSA) is 33.1 Å². The van der Waals surface area contributed by atoms with Crippen molar-refractivity contribution in [2.75, 3.05) is 33.7 Å². The van der Waals surface area contributed by atoms with E-state index >= 15 is 0 Å². The van der Waals surface area contributed by atoms with Gasteiger partial charge >= 0.3 is 0 Å². The number of piperidine rings is 1. The molecule has 1 N–H and O–H groups in total. The third kappa shape index (κ3) is 3.82. The summed E-state index contributed by atoms with van der Waals surface area (Å²) in [4.78, 5) is 6.59. The highest BCUT2D eigenvalue weighted by atomic mass is 15.1. The Labute approximate surface area is 110 Å². The smallest absolute Gasteiger partial charge is 0.0948 e. The van der Waals surface area contributed by atoms with Crippen molar-refractivity contribution in [1.29, 1.82) is 0 Å². The molecular formula is C14H26N4. The number of nitrogens with zero attached hydrogens (tertiary/aromatic N) is 3. The molecule has 2 heterocycles. The molecule has 102 valence electrons. The first-order valence-corrected chi connectivity index (χ1v) is 7.13. The SMILES string of the molecule is CN(C)CCCCn1cncc1C1CCCNC1. The molecule has 1 aliphatic rings. The number of nitrogens with one attached hydrogen (secondary N) is 1. The monoisotopic (exact) mass is 250 g/mol. The van der Waals surface area contributed by atoms with Crippen molar-refractivity contribution in [2.45, 2.75) is 38.1 Å². The molecule has 4 heteroatoms. The summed E-state index contributed by atoms with van der Waals surface area (Å²) in [6.07, 6.45) is 9.14. The van der Waals surface area contributed by atoms with Crippen LogP contribution >= 0.6 is 0 Å². The maximum Gasteiger partial charge on any atom is 0.0948 e. The average molecular weight is 250 g/mol. The van der Waals surface area contributed by atoms with Crippen LogP contribution in [0.1, 0.15) is 37.3 Å². The Morgan fingerprint density at radius 3 is 3.06 bits per heavy atom. The molecule has 1 fully saturated rings. The van der Waals surface area contributed by atoms with Crippen LogP contribution in [0.5, 0.6) is 0 Å². The Kier molecular flexibility index (Phi) is 5.20. The van der Waals surface area contributed by atoms with Gasteiger partial charge in [0.05, 0.1) is 6.33 Å². The first-order valence-electron chi connectivity index (χ1n) is 7.13. The molecule has 4 nitrogen and oxygen atoms in total. The summed E-state index contributed by atoms with van der Waals surface area (Å²) >= 11 is 0. The van der Waals surface area contributed by atoms with Crippen molar-refractivity contribution in [3.8, 4) is 0 Å². The second-order valence-corrected chi connectivity index (χ2v) is 5.57. The van der Waals surface area contributed by atoms with Gasteiger partial charge in [0.1, 0.15) is 0 Å². The number of hydrogen-bond donors (Lipinski definition) is 1. The van der Waals surface area contributed by atoms with Crippen molar-refractivity contribution < 1.29 is 0 Å². The van der Waals surface area contributed by atoms with E-state index in [1.807, 2.05) is 6.33 Å². The summed E-state index contributed by atoms with van der Waals surface area (Å²) in [5, 5.41) is 3.48. The van der Waals surface area contributed by atoms with Crippen molar-refractivity contribution in [3.05, 3.63) is 18.2 Å². The molecule has 1 atom stereocenters. The second kappa shape index (κ2) is 6.90. The molecule has 18 heavy (non-hydrogen) atoms. The Balaban J connectivity index is 1.83. The van der Waals surface area contributed by atoms with Gasteiger partial charge in [-0.3, -0.25) is 0 Å². The highest BCUT2D eigenvalue weighted by molar-refractivity contribution is 5.08. The fourth-order valence-corrected chi connectivity index (χ4v) is 2.67. The van der Waals surface area contributed by atoms with Crippen LogP contribution in [-0.2, 0) is 6.54 Å². The molecular weight excluding hydrogens is 224 g/mol. The molecule has 0 radical (unpaired) electrons. The number of aromatic nitrogens is 2. The fourth-order valence-electron chi connectivity index (χ4n) is 2.67. The zero-order chi connectivity index (χ0) is 12.8. The number of imidazole rings is 1. The molecule has 0 aromatic carbocycles. The number of unbranched alkanes of at least 4 members (excludes halogenated alkanes) is 1. The van der Waals surface area contributed by atoms with E-state index in [2.05, 4.69) is 40.1 Å². The molecule has 1 aromatic heterocycles. The number of aryl methyl sites for hydroxylation is 1. The molecule has 0 spiro atoms. The van der Waals surface area contributed by atoms with Crippen molar-refractivity contribution >= 4 is 0 Å². The quantitative estimate of drug-likeness (QED) is 0.780. The predicted molar refractivity (Wildman–Crippen MR) is 74.9 cm³/mol. The molecule has 0 amide bonds. The van der Waals surface area contributed by atoms with E-state index in [0.29, 0.717) is 5.92 Å². The van der Waals surface area contributed by atoms with Crippen LogP contribution in [0.15, 0.2) is 12.5 Å².